The summed E-state index contributed by atoms with van der Waals surface area (Å²) in [6.45, 7) is 1.50. The predicted molar refractivity (Wildman–Crippen MR) is 140 cm³/mol. The molecule has 2 aromatic carbocycles. The highest BCUT2D eigenvalue weighted by molar-refractivity contribution is 7.89. The molecule has 10 heteroatoms. The highest BCUT2D eigenvalue weighted by atomic mass is 32.2. The second-order valence-corrected chi connectivity index (χ2v) is 11.5. The molecule has 6 rings (SSSR count). The van der Waals surface area contributed by atoms with E-state index in [2.05, 4.69) is 9.97 Å². The average molecular weight is 525 g/mol. The highest BCUT2D eigenvalue weighted by Gasteiger charge is 2.49. The second kappa shape index (κ2) is 10.4. The molecule has 0 radical (unpaired) electrons. The van der Waals surface area contributed by atoms with Crippen LogP contribution in [0, 0.1) is 0 Å². The number of rotatable bonds is 7. The fraction of sp³-hybridized carbons (Fsp3) is 0.444. The zero-order chi connectivity index (χ0) is 24.7. The van der Waals surface area contributed by atoms with E-state index in [1.165, 1.54) is 12.4 Å². The van der Waals surface area contributed by atoms with E-state index < -0.39 is 10.0 Å². The number of anilines is 1. The lowest BCUT2D eigenvalue weighted by Gasteiger charge is -2.33. The molecule has 0 saturated carbocycles. The van der Waals surface area contributed by atoms with Crippen LogP contribution in [0.25, 0.3) is 10.8 Å². The van der Waals surface area contributed by atoms with Gasteiger partial charge in [0.15, 0.2) is 12.1 Å². The van der Waals surface area contributed by atoms with Gasteiger partial charge in [0.25, 0.3) is 0 Å². The van der Waals surface area contributed by atoms with E-state index in [0.717, 1.165) is 36.5 Å². The number of carbonyl (C=O) groups is 1. The molecule has 0 aliphatic carbocycles. The van der Waals surface area contributed by atoms with Crippen molar-refractivity contribution in [2.45, 2.75) is 56.4 Å². The maximum atomic E-state index is 13.4. The molecule has 2 bridgehead atoms. The Hall–Kier alpha value is -2.92. The Morgan fingerprint density at radius 3 is 2.51 bits per heavy atom. The number of carbonyl (C=O) groups excluding carboxylic acids is 1. The number of ether oxygens (including phenoxy) is 2. The number of aromatic nitrogens is 2. The third kappa shape index (κ3) is 4.98. The fourth-order valence-corrected chi connectivity index (χ4v) is 7.04. The first-order chi connectivity index (χ1) is 17.5. The zero-order valence-electron chi connectivity index (χ0n) is 19.8. The lowest BCUT2D eigenvalue weighted by Crippen LogP contribution is -2.49. The summed E-state index contributed by atoms with van der Waals surface area (Å²) in [5, 5.41) is 1.92. The molecule has 3 aliphatic rings. The molecule has 3 aliphatic heterocycles. The van der Waals surface area contributed by atoms with Gasteiger partial charge < -0.3 is 14.4 Å². The van der Waals surface area contributed by atoms with Crippen molar-refractivity contribution in [2.75, 3.05) is 31.2 Å². The molecule has 9 nitrogen and oxygen atoms in total. The lowest BCUT2D eigenvalue weighted by atomic mass is 10.1. The number of ketones is 1. The largest absolute Gasteiger partial charge is 0.353 e. The molecule has 3 aromatic rings. The summed E-state index contributed by atoms with van der Waals surface area (Å²) in [7, 11) is -3.60. The highest BCUT2D eigenvalue weighted by Crippen LogP contribution is 2.37. The van der Waals surface area contributed by atoms with Gasteiger partial charge in [0.1, 0.15) is 6.61 Å². The van der Waals surface area contributed by atoms with Gasteiger partial charge in [-0.2, -0.15) is 4.31 Å². The summed E-state index contributed by atoms with van der Waals surface area (Å²) in [6.07, 6.45) is 6.30. The molecule has 1 aromatic heterocycles. The maximum absolute atomic E-state index is 13.4. The number of sulfonamides is 1. The van der Waals surface area contributed by atoms with Crippen molar-refractivity contribution in [3.8, 4) is 0 Å². The van der Waals surface area contributed by atoms with Gasteiger partial charge in [-0.1, -0.05) is 37.8 Å². The Bertz CT molecular complexity index is 1380. The molecule has 0 spiro atoms. The molecular formula is C27H32N4O5S. The van der Waals surface area contributed by atoms with Crippen LogP contribution in [0.4, 0.5) is 5.95 Å². The van der Waals surface area contributed by atoms with E-state index in [0.29, 0.717) is 36.1 Å². The number of fused-ring (bicyclic) bond motifs is 3. The van der Waals surface area contributed by atoms with Crippen molar-refractivity contribution < 1.29 is 22.7 Å². The smallest absolute Gasteiger partial charge is 0.243 e. The van der Waals surface area contributed by atoms with Crippen LogP contribution in [-0.4, -0.2) is 73.2 Å². The Morgan fingerprint density at radius 2 is 1.81 bits per heavy atom. The van der Waals surface area contributed by atoms with Crippen LogP contribution in [0.3, 0.4) is 0 Å². The monoisotopic (exact) mass is 524 g/mol. The van der Waals surface area contributed by atoms with E-state index in [-0.39, 0.29) is 38.2 Å². The summed E-state index contributed by atoms with van der Waals surface area (Å²) < 4.78 is 39.5. The van der Waals surface area contributed by atoms with Crippen LogP contribution in [0.15, 0.2) is 59.8 Å². The standard InChI is InChI=1S/C26H28N4O5S.CH4/c31-24(17-35-25-7-3-4-10-34-25)20-13-27-26(28-14-20)29-15-22-12-21(29)16-30(22)36(32,33)23-9-8-18-5-1-2-6-19(18)11-23;/h1-2,5-6,8-9,11,13-14,21-22,25H,3-4,7,10,12,15-17H2;1H4/t21-,22-,25?;/m0./s1. The van der Waals surface area contributed by atoms with Gasteiger partial charge >= 0.3 is 0 Å². The van der Waals surface area contributed by atoms with Gasteiger partial charge in [-0.3, -0.25) is 4.79 Å². The van der Waals surface area contributed by atoms with Gasteiger partial charge in [-0.15, -0.1) is 0 Å². The van der Waals surface area contributed by atoms with Crippen molar-refractivity contribution in [1.29, 1.82) is 0 Å². The van der Waals surface area contributed by atoms with Crippen LogP contribution in [-0.2, 0) is 19.5 Å². The predicted octanol–water partition coefficient (Wildman–Crippen LogP) is 3.64. The SMILES string of the molecule is C.O=C(COC1CCCCO1)c1cnc(N2C[C@@H]3C[C@H]2CN3S(=O)(=O)c2ccc3ccccc3c2)nc1. The molecule has 1 unspecified atom stereocenters. The van der Waals surface area contributed by atoms with Gasteiger partial charge in [-0.05, 0) is 48.6 Å². The molecule has 3 fully saturated rings. The quantitative estimate of drug-likeness (QED) is 0.432. The first-order valence-corrected chi connectivity index (χ1v) is 13.8. The molecule has 196 valence electrons. The van der Waals surface area contributed by atoms with E-state index in [1.54, 1.807) is 16.4 Å². The van der Waals surface area contributed by atoms with Crippen LogP contribution in [0.2, 0.25) is 0 Å². The van der Waals surface area contributed by atoms with Crippen molar-refractivity contribution in [3.63, 3.8) is 0 Å². The normalized spacial score (nSPS) is 23.8. The minimum Gasteiger partial charge on any atom is -0.353 e. The minimum absolute atomic E-state index is 0. The topological polar surface area (TPSA) is 102 Å². The van der Waals surface area contributed by atoms with Gasteiger partial charge in [-0.25, -0.2) is 18.4 Å². The van der Waals surface area contributed by atoms with Crippen molar-refractivity contribution in [2.24, 2.45) is 0 Å². The fourth-order valence-electron chi connectivity index (χ4n) is 5.34. The minimum atomic E-state index is -3.60. The Kier molecular flexibility index (Phi) is 7.26. The molecule has 0 N–H and O–H groups in total. The molecule has 3 saturated heterocycles. The van der Waals surface area contributed by atoms with Gasteiger partial charge in [0.05, 0.1) is 10.5 Å². The van der Waals surface area contributed by atoms with Crippen molar-refractivity contribution >= 4 is 32.5 Å². The van der Waals surface area contributed by atoms with Crippen LogP contribution < -0.4 is 4.90 Å². The maximum Gasteiger partial charge on any atom is 0.243 e. The van der Waals surface area contributed by atoms with Crippen molar-refractivity contribution in [3.05, 3.63) is 60.4 Å². The lowest BCUT2D eigenvalue weighted by molar-refractivity contribution is -0.155. The van der Waals surface area contributed by atoms with Gasteiger partial charge in [0, 0.05) is 44.2 Å². The second-order valence-electron chi connectivity index (χ2n) is 9.58. The van der Waals surface area contributed by atoms with Crippen LogP contribution in [0.1, 0.15) is 43.5 Å². The number of hydrogen-bond acceptors (Lipinski definition) is 8. The molecule has 4 heterocycles. The van der Waals surface area contributed by atoms with Crippen molar-refractivity contribution in [1.82, 2.24) is 14.3 Å². The molecule has 3 atom stereocenters. The Balaban J connectivity index is 0.00000280. The summed E-state index contributed by atoms with van der Waals surface area (Å²) >= 11 is 0. The zero-order valence-corrected chi connectivity index (χ0v) is 20.6. The average Bonchev–Trinajstić information content (AvgIpc) is 3.54. The molecule has 37 heavy (non-hydrogen) atoms. The van der Waals surface area contributed by atoms with E-state index >= 15 is 0 Å². The first kappa shape index (κ1) is 25.7. The number of Topliss-reactive ketones (excluding diaryl/α,β-unsaturated/α-hetero) is 1. The van der Waals surface area contributed by atoms with E-state index in [1.807, 2.05) is 35.2 Å². The summed E-state index contributed by atoms with van der Waals surface area (Å²) in [5.74, 6) is 0.324. The van der Waals surface area contributed by atoms with E-state index in [9.17, 15) is 13.2 Å². The van der Waals surface area contributed by atoms with Crippen LogP contribution in [0.5, 0.6) is 0 Å². The number of nitrogens with zero attached hydrogens (tertiary/aromatic N) is 4. The Labute approximate surface area is 217 Å². The van der Waals surface area contributed by atoms with Gasteiger partial charge in [0.2, 0.25) is 16.0 Å². The third-order valence-corrected chi connectivity index (χ3v) is 9.19. The van der Waals surface area contributed by atoms with Crippen LogP contribution >= 0.6 is 0 Å². The summed E-state index contributed by atoms with van der Waals surface area (Å²) in [6, 6.07) is 12.9. The number of piperazine rings is 1. The van der Waals surface area contributed by atoms with E-state index in [4.69, 9.17) is 9.47 Å². The third-order valence-electron chi connectivity index (χ3n) is 7.27. The molecular weight excluding hydrogens is 492 g/mol. The Morgan fingerprint density at radius 1 is 1.03 bits per heavy atom. The summed E-state index contributed by atoms with van der Waals surface area (Å²) in [4.78, 5) is 23.7. The molecule has 0 amide bonds. The summed E-state index contributed by atoms with van der Waals surface area (Å²) in [5.41, 5.74) is 0.388. The first-order valence-electron chi connectivity index (χ1n) is 12.3. The number of hydrogen-bond donors (Lipinski definition) is 0. The number of benzene rings is 2.